The molecule has 1 saturated heterocycles. The van der Waals surface area contributed by atoms with Gasteiger partial charge in [-0.25, -0.2) is 0 Å². The van der Waals surface area contributed by atoms with E-state index < -0.39 is 30.4 Å². The average Bonchev–Trinajstić information content (AvgIpc) is 2.66. The highest BCUT2D eigenvalue weighted by atomic mass is 16.6. The standard InChI is InChI=1S/C10H13NO4.C2H4O2/c12-5-7-8(13)9(14)10(15-7)6-1-3-11-4-2-6;1-2(3)4/h1-4,7-10,12-14H,5H2;1H3,(H,3,4)/t7-,8-,9-,10-;/m1./s1. The zero-order chi connectivity index (χ0) is 14.4. The summed E-state index contributed by atoms with van der Waals surface area (Å²) in [7, 11) is 0. The van der Waals surface area contributed by atoms with Crippen molar-refractivity contribution in [2.75, 3.05) is 6.61 Å². The van der Waals surface area contributed by atoms with Gasteiger partial charge < -0.3 is 25.2 Å². The largest absolute Gasteiger partial charge is 0.481 e. The zero-order valence-electron chi connectivity index (χ0n) is 10.4. The predicted octanol–water partition coefficient (Wildman–Crippen LogP) is -0.674. The van der Waals surface area contributed by atoms with Crippen molar-refractivity contribution in [3.8, 4) is 0 Å². The Morgan fingerprint density at radius 3 is 2.26 bits per heavy atom. The molecule has 1 aromatic heterocycles. The number of carboxylic acids is 1. The number of hydrogen-bond acceptors (Lipinski definition) is 6. The van der Waals surface area contributed by atoms with Gasteiger partial charge in [0.25, 0.3) is 5.97 Å². The lowest BCUT2D eigenvalue weighted by atomic mass is 10.0. The molecule has 4 N–H and O–H groups in total. The molecule has 0 spiro atoms. The molecule has 0 radical (unpaired) electrons. The van der Waals surface area contributed by atoms with Gasteiger partial charge in [0.2, 0.25) is 0 Å². The molecule has 19 heavy (non-hydrogen) atoms. The van der Waals surface area contributed by atoms with E-state index in [1.807, 2.05) is 0 Å². The number of aliphatic hydroxyl groups excluding tert-OH is 3. The fraction of sp³-hybridized carbons (Fsp3) is 0.500. The van der Waals surface area contributed by atoms with Crippen LogP contribution in [0, 0.1) is 0 Å². The summed E-state index contributed by atoms with van der Waals surface area (Å²) in [6.45, 7) is 0.778. The minimum Gasteiger partial charge on any atom is -0.481 e. The molecule has 1 aliphatic heterocycles. The first-order valence-corrected chi connectivity index (χ1v) is 5.69. The first kappa shape index (κ1) is 15.5. The second-order valence-corrected chi connectivity index (χ2v) is 4.06. The van der Waals surface area contributed by atoms with E-state index in [4.69, 9.17) is 19.7 Å². The number of aliphatic carboxylic acids is 1. The fourth-order valence-corrected chi connectivity index (χ4v) is 1.73. The highest BCUT2D eigenvalue weighted by Gasteiger charge is 2.42. The van der Waals surface area contributed by atoms with E-state index in [1.165, 1.54) is 0 Å². The van der Waals surface area contributed by atoms with Gasteiger partial charge in [-0.1, -0.05) is 0 Å². The molecule has 0 amide bonds. The van der Waals surface area contributed by atoms with Gasteiger partial charge in [0, 0.05) is 19.3 Å². The maximum Gasteiger partial charge on any atom is 0.300 e. The predicted molar refractivity (Wildman–Crippen MR) is 64.3 cm³/mol. The minimum absolute atomic E-state index is 0.306. The summed E-state index contributed by atoms with van der Waals surface area (Å²) in [5.41, 5.74) is 0.743. The van der Waals surface area contributed by atoms with Crippen LogP contribution in [0.2, 0.25) is 0 Å². The number of pyridine rings is 1. The molecule has 4 atom stereocenters. The average molecular weight is 271 g/mol. The maximum absolute atomic E-state index is 9.71. The maximum atomic E-state index is 9.71. The molecule has 7 heteroatoms. The molecule has 0 saturated carbocycles. The van der Waals surface area contributed by atoms with Crippen LogP contribution in [0.3, 0.4) is 0 Å². The molecular weight excluding hydrogens is 254 g/mol. The van der Waals surface area contributed by atoms with Crippen LogP contribution >= 0.6 is 0 Å². The molecule has 2 heterocycles. The third kappa shape index (κ3) is 4.25. The van der Waals surface area contributed by atoms with Crippen LogP contribution in [-0.4, -0.2) is 56.3 Å². The summed E-state index contributed by atoms with van der Waals surface area (Å²) in [6.07, 6.45) is -0.204. The third-order valence-electron chi connectivity index (χ3n) is 2.58. The van der Waals surface area contributed by atoms with Gasteiger partial charge >= 0.3 is 0 Å². The Balaban J connectivity index is 0.000000399. The smallest absolute Gasteiger partial charge is 0.300 e. The molecule has 0 unspecified atom stereocenters. The number of aliphatic hydroxyl groups is 3. The van der Waals surface area contributed by atoms with E-state index >= 15 is 0 Å². The summed E-state index contributed by atoms with van der Waals surface area (Å²) in [5, 5.41) is 35.6. The van der Waals surface area contributed by atoms with Crippen LogP contribution in [0.5, 0.6) is 0 Å². The first-order chi connectivity index (χ1) is 8.97. The highest BCUT2D eigenvalue weighted by molar-refractivity contribution is 5.62. The van der Waals surface area contributed by atoms with Crippen molar-refractivity contribution in [2.45, 2.75) is 31.3 Å². The van der Waals surface area contributed by atoms with Gasteiger partial charge in [0.1, 0.15) is 24.4 Å². The molecule has 1 fully saturated rings. The number of aromatic nitrogens is 1. The van der Waals surface area contributed by atoms with E-state index in [0.29, 0.717) is 0 Å². The van der Waals surface area contributed by atoms with E-state index in [9.17, 15) is 10.2 Å². The van der Waals surface area contributed by atoms with Gasteiger partial charge in [0.15, 0.2) is 0 Å². The van der Waals surface area contributed by atoms with Crippen molar-refractivity contribution in [2.24, 2.45) is 0 Å². The van der Waals surface area contributed by atoms with Gasteiger partial charge in [-0.15, -0.1) is 0 Å². The van der Waals surface area contributed by atoms with Crippen LogP contribution in [0.25, 0.3) is 0 Å². The van der Waals surface area contributed by atoms with E-state index in [2.05, 4.69) is 4.98 Å². The Kier molecular flexibility index (Phi) is 5.84. The lowest BCUT2D eigenvalue weighted by Crippen LogP contribution is -2.32. The Morgan fingerprint density at radius 2 is 1.84 bits per heavy atom. The summed E-state index contributed by atoms with van der Waals surface area (Å²) in [5.74, 6) is -0.833. The number of ether oxygens (including phenoxy) is 1. The zero-order valence-corrected chi connectivity index (χ0v) is 10.4. The molecule has 0 aromatic carbocycles. The lowest BCUT2D eigenvalue weighted by Gasteiger charge is -2.14. The second-order valence-electron chi connectivity index (χ2n) is 4.06. The van der Waals surface area contributed by atoms with Gasteiger partial charge in [0.05, 0.1) is 6.61 Å². The monoisotopic (exact) mass is 271 g/mol. The molecule has 0 aliphatic carbocycles. The number of rotatable bonds is 2. The summed E-state index contributed by atoms with van der Waals surface area (Å²) in [4.78, 5) is 12.9. The van der Waals surface area contributed by atoms with Gasteiger partial charge in [-0.2, -0.15) is 0 Å². The van der Waals surface area contributed by atoms with Gasteiger partial charge in [-0.05, 0) is 17.7 Å². The summed E-state index contributed by atoms with van der Waals surface area (Å²) >= 11 is 0. The van der Waals surface area contributed by atoms with E-state index in [0.717, 1.165) is 12.5 Å². The molecular formula is C12H17NO6. The first-order valence-electron chi connectivity index (χ1n) is 5.69. The highest BCUT2D eigenvalue weighted by Crippen LogP contribution is 2.32. The Labute approximate surface area is 110 Å². The Hall–Kier alpha value is -1.54. The SMILES string of the molecule is CC(=O)O.OC[C@H]1O[C@H](c2ccncc2)[C@H](O)[C@@H]1O. The van der Waals surface area contributed by atoms with Crippen molar-refractivity contribution in [3.63, 3.8) is 0 Å². The molecule has 106 valence electrons. The molecule has 1 aromatic rings. The normalized spacial score (nSPS) is 29.5. The molecule has 1 aliphatic rings. The molecule has 0 bridgehead atoms. The Bertz CT molecular complexity index is 394. The van der Waals surface area contributed by atoms with Gasteiger partial charge in [-0.3, -0.25) is 9.78 Å². The van der Waals surface area contributed by atoms with Crippen molar-refractivity contribution in [1.82, 2.24) is 4.98 Å². The molecule has 7 nitrogen and oxygen atoms in total. The minimum atomic E-state index is -1.05. The fourth-order valence-electron chi connectivity index (χ4n) is 1.73. The quantitative estimate of drug-likeness (QED) is 0.562. The van der Waals surface area contributed by atoms with Crippen LogP contribution in [0.4, 0.5) is 0 Å². The summed E-state index contributed by atoms with van der Waals surface area (Å²) < 4.78 is 5.34. The number of carboxylic acid groups (broad SMARTS) is 1. The van der Waals surface area contributed by atoms with Crippen molar-refractivity contribution >= 4 is 5.97 Å². The molecule has 2 rings (SSSR count). The van der Waals surface area contributed by atoms with E-state index in [1.54, 1.807) is 24.5 Å². The third-order valence-corrected chi connectivity index (χ3v) is 2.58. The van der Waals surface area contributed by atoms with Crippen molar-refractivity contribution < 1.29 is 30.0 Å². The number of hydrogen-bond donors (Lipinski definition) is 4. The lowest BCUT2D eigenvalue weighted by molar-refractivity contribution is -0.134. The topological polar surface area (TPSA) is 120 Å². The number of carbonyl (C=O) groups is 1. The van der Waals surface area contributed by atoms with E-state index in [-0.39, 0.29) is 6.61 Å². The van der Waals surface area contributed by atoms with Crippen LogP contribution in [0.1, 0.15) is 18.6 Å². The van der Waals surface area contributed by atoms with Crippen LogP contribution in [0.15, 0.2) is 24.5 Å². The summed E-state index contributed by atoms with van der Waals surface area (Å²) in [6, 6.07) is 3.42. The second kappa shape index (κ2) is 7.15. The van der Waals surface area contributed by atoms with Crippen molar-refractivity contribution in [3.05, 3.63) is 30.1 Å². The van der Waals surface area contributed by atoms with Crippen LogP contribution in [-0.2, 0) is 9.53 Å². The van der Waals surface area contributed by atoms with Crippen molar-refractivity contribution in [1.29, 1.82) is 0 Å². The Morgan fingerprint density at radius 1 is 1.32 bits per heavy atom. The number of nitrogens with zero attached hydrogens (tertiary/aromatic N) is 1. The van der Waals surface area contributed by atoms with Crippen LogP contribution < -0.4 is 0 Å².